The molecule has 0 radical (unpaired) electrons. The van der Waals surface area contributed by atoms with Gasteiger partial charge in [-0.15, -0.1) is 0 Å². The van der Waals surface area contributed by atoms with Crippen molar-refractivity contribution in [3.05, 3.63) is 32.7 Å². The second-order valence-electron chi connectivity index (χ2n) is 5.02. The lowest BCUT2D eigenvalue weighted by Gasteiger charge is -2.23. The molecule has 1 unspecified atom stereocenters. The Morgan fingerprint density at radius 2 is 1.84 bits per heavy atom. The predicted molar refractivity (Wildman–Crippen MR) is 84.1 cm³/mol. The molecule has 0 heterocycles. The van der Waals surface area contributed by atoms with E-state index in [1.807, 2.05) is 18.2 Å². The number of nitrogens with one attached hydrogen (secondary N) is 1. The summed E-state index contributed by atoms with van der Waals surface area (Å²) < 4.78 is 1.77. The maximum atomic E-state index is 12.3. The second-order valence-corrected chi connectivity index (χ2v) is 6.85. The number of nitrogens with two attached hydrogens (primary N) is 1. The monoisotopic (exact) mass is 388 g/mol. The minimum absolute atomic E-state index is 0.0515. The number of benzene rings is 1. The number of hydrogen-bond donors (Lipinski definition) is 2. The quantitative estimate of drug-likeness (QED) is 0.828. The summed E-state index contributed by atoms with van der Waals surface area (Å²) in [6, 6.07) is 5.64. The number of halogens is 2. The molecule has 0 aromatic heterocycles. The van der Waals surface area contributed by atoms with Crippen LogP contribution in [0.5, 0.6) is 0 Å². The Bertz CT molecular complexity index is 439. The number of hydrogen-bond acceptors (Lipinski definition) is 2. The van der Waals surface area contributed by atoms with Crippen molar-refractivity contribution in [3.8, 4) is 0 Å². The number of rotatable bonds is 4. The van der Waals surface area contributed by atoms with Crippen molar-refractivity contribution in [3.63, 3.8) is 0 Å². The van der Waals surface area contributed by atoms with Crippen LogP contribution in [0.4, 0.5) is 0 Å². The summed E-state index contributed by atoms with van der Waals surface area (Å²) in [5.74, 6) is 0.480. The average Bonchev–Trinajstić information content (AvgIpc) is 2.88. The van der Waals surface area contributed by atoms with Gasteiger partial charge in [-0.1, -0.05) is 44.7 Å². The van der Waals surface area contributed by atoms with E-state index < -0.39 is 0 Å². The number of carbonyl (C=O) groups is 1. The van der Waals surface area contributed by atoms with Crippen LogP contribution >= 0.6 is 31.9 Å². The molecule has 1 aromatic carbocycles. The van der Waals surface area contributed by atoms with E-state index in [2.05, 4.69) is 37.2 Å². The van der Waals surface area contributed by atoms with Crippen LogP contribution in [0.3, 0.4) is 0 Å². The van der Waals surface area contributed by atoms with Crippen molar-refractivity contribution in [1.29, 1.82) is 0 Å². The predicted octanol–water partition coefficient (Wildman–Crippen LogP) is 3.46. The van der Waals surface area contributed by atoms with Gasteiger partial charge < -0.3 is 11.1 Å². The fraction of sp³-hybridized carbons (Fsp3) is 0.500. The highest BCUT2D eigenvalue weighted by atomic mass is 79.9. The largest absolute Gasteiger partial charge is 0.348 e. The van der Waals surface area contributed by atoms with Gasteiger partial charge in [-0.2, -0.15) is 0 Å². The Balaban J connectivity index is 2.06. The van der Waals surface area contributed by atoms with E-state index in [-0.39, 0.29) is 11.9 Å². The topological polar surface area (TPSA) is 55.1 Å². The summed E-state index contributed by atoms with van der Waals surface area (Å²) in [5, 5.41) is 3.07. The molecule has 1 fully saturated rings. The fourth-order valence-electron chi connectivity index (χ4n) is 2.67. The lowest BCUT2D eigenvalue weighted by molar-refractivity contribution is 0.0924. The molecule has 104 valence electrons. The Hall–Kier alpha value is -0.390. The van der Waals surface area contributed by atoms with Gasteiger partial charge in [0, 0.05) is 27.1 Å². The Labute approximate surface area is 130 Å². The number of carbonyl (C=O) groups excluding carboxylic acids is 1. The fourth-order valence-corrected chi connectivity index (χ4v) is 3.96. The minimum atomic E-state index is -0.0515. The van der Waals surface area contributed by atoms with Crippen LogP contribution in [-0.2, 0) is 0 Å². The maximum Gasteiger partial charge on any atom is 0.251 e. The standard InChI is InChI=1S/C14H18Br2N2O/c15-11-5-10(6-12(16)7-11)14(19)18-13(8-17)9-3-1-2-4-9/h5-7,9,13H,1-4,8,17H2,(H,18,19). The molecule has 19 heavy (non-hydrogen) atoms. The molecule has 3 N–H and O–H groups in total. The van der Waals surface area contributed by atoms with Gasteiger partial charge in [-0.25, -0.2) is 0 Å². The van der Waals surface area contributed by atoms with Crippen LogP contribution in [0.2, 0.25) is 0 Å². The SMILES string of the molecule is NCC(NC(=O)c1cc(Br)cc(Br)c1)C1CCCC1. The van der Waals surface area contributed by atoms with Gasteiger partial charge in [0.25, 0.3) is 5.91 Å². The summed E-state index contributed by atoms with van der Waals surface area (Å²) in [4.78, 5) is 12.3. The van der Waals surface area contributed by atoms with Crippen LogP contribution in [0.15, 0.2) is 27.1 Å². The van der Waals surface area contributed by atoms with Gasteiger partial charge in [0.05, 0.1) is 0 Å². The van der Waals surface area contributed by atoms with Crippen molar-refractivity contribution < 1.29 is 4.79 Å². The molecule has 2 rings (SSSR count). The highest BCUT2D eigenvalue weighted by Crippen LogP contribution is 2.27. The third-order valence-electron chi connectivity index (χ3n) is 3.66. The van der Waals surface area contributed by atoms with E-state index in [0.29, 0.717) is 18.0 Å². The van der Waals surface area contributed by atoms with E-state index >= 15 is 0 Å². The molecule has 1 amide bonds. The van der Waals surface area contributed by atoms with Crippen molar-refractivity contribution in [2.45, 2.75) is 31.7 Å². The van der Waals surface area contributed by atoms with Crippen LogP contribution in [0.25, 0.3) is 0 Å². The first-order chi connectivity index (χ1) is 9.10. The first kappa shape index (κ1) is 15.0. The first-order valence-electron chi connectivity index (χ1n) is 6.57. The van der Waals surface area contributed by atoms with E-state index in [4.69, 9.17) is 5.73 Å². The van der Waals surface area contributed by atoms with Gasteiger partial charge >= 0.3 is 0 Å². The molecule has 1 atom stereocenters. The van der Waals surface area contributed by atoms with Crippen molar-refractivity contribution in [1.82, 2.24) is 5.32 Å². The van der Waals surface area contributed by atoms with Gasteiger partial charge in [0.2, 0.25) is 0 Å². The molecule has 1 aromatic rings. The van der Waals surface area contributed by atoms with Crippen LogP contribution in [0, 0.1) is 5.92 Å². The third kappa shape index (κ3) is 4.04. The van der Waals surface area contributed by atoms with Crippen molar-refractivity contribution >= 4 is 37.8 Å². The molecule has 0 saturated heterocycles. The maximum absolute atomic E-state index is 12.3. The van der Waals surface area contributed by atoms with Crippen molar-refractivity contribution in [2.75, 3.05) is 6.54 Å². The molecule has 1 aliphatic carbocycles. The average molecular weight is 390 g/mol. The minimum Gasteiger partial charge on any atom is -0.348 e. The van der Waals surface area contributed by atoms with Gasteiger partial charge in [-0.05, 0) is 37.0 Å². The van der Waals surface area contributed by atoms with Crippen LogP contribution in [0.1, 0.15) is 36.0 Å². The Morgan fingerprint density at radius 3 is 2.37 bits per heavy atom. The van der Waals surface area contributed by atoms with Crippen LogP contribution < -0.4 is 11.1 Å². The van der Waals surface area contributed by atoms with E-state index in [1.165, 1.54) is 25.7 Å². The second kappa shape index (κ2) is 6.86. The lowest BCUT2D eigenvalue weighted by Crippen LogP contribution is -2.44. The molecule has 0 aliphatic heterocycles. The van der Waals surface area contributed by atoms with E-state index in [9.17, 15) is 4.79 Å². The molecule has 5 heteroatoms. The Kier molecular flexibility index (Phi) is 5.42. The zero-order valence-corrected chi connectivity index (χ0v) is 13.8. The van der Waals surface area contributed by atoms with Gasteiger partial charge in [-0.3, -0.25) is 4.79 Å². The molecule has 0 spiro atoms. The molecule has 3 nitrogen and oxygen atoms in total. The smallest absolute Gasteiger partial charge is 0.251 e. The van der Waals surface area contributed by atoms with E-state index in [1.54, 1.807) is 0 Å². The number of amides is 1. The normalized spacial score (nSPS) is 17.4. The van der Waals surface area contributed by atoms with Gasteiger partial charge in [0.1, 0.15) is 0 Å². The highest BCUT2D eigenvalue weighted by molar-refractivity contribution is 9.11. The summed E-state index contributed by atoms with van der Waals surface area (Å²) in [6.07, 6.45) is 4.84. The zero-order chi connectivity index (χ0) is 13.8. The molecule has 1 aliphatic rings. The lowest BCUT2D eigenvalue weighted by atomic mass is 9.98. The zero-order valence-electron chi connectivity index (χ0n) is 10.7. The molecule has 0 bridgehead atoms. The Morgan fingerprint density at radius 1 is 1.26 bits per heavy atom. The van der Waals surface area contributed by atoms with Gasteiger partial charge in [0.15, 0.2) is 0 Å². The van der Waals surface area contributed by atoms with Crippen molar-refractivity contribution in [2.24, 2.45) is 11.7 Å². The van der Waals surface area contributed by atoms with Crippen LogP contribution in [-0.4, -0.2) is 18.5 Å². The first-order valence-corrected chi connectivity index (χ1v) is 8.16. The summed E-state index contributed by atoms with van der Waals surface area (Å²) >= 11 is 6.79. The third-order valence-corrected chi connectivity index (χ3v) is 4.58. The van der Waals surface area contributed by atoms with E-state index in [0.717, 1.165) is 8.95 Å². The highest BCUT2D eigenvalue weighted by Gasteiger charge is 2.25. The summed E-state index contributed by atoms with van der Waals surface area (Å²) in [7, 11) is 0. The molecular formula is C14H18Br2N2O. The summed E-state index contributed by atoms with van der Waals surface area (Å²) in [5.41, 5.74) is 6.46. The molecular weight excluding hydrogens is 372 g/mol. The summed E-state index contributed by atoms with van der Waals surface area (Å²) in [6.45, 7) is 0.506. The molecule has 1 saturated carbocycles.